The van der Waals surface area contributed by atoms with Crippen molar-refractivity contribution in [1.82, 2.24) is 0 Å². The molecule has 2 aromatic rings. The number of rotatable bonds is 2. The zero-order valence-electron chi connectivity index (χ0n) is 8.51. The number of hydrogen-bond acceptors (Lipinski definition) is 1. The molecular weight excluding hydrogens is 294 g/mol. The quantitative estimate of drug-likeness (QED) is 0.722. The van der Waals surface area contributed by atoms with E-state index in [4.69, 9.17) is 16.0 Å². The Kier molecular flexibility index (Phi) is 3.36. The lowest BCUT2D eigenvalue weighted by Gasteiger charge is -2.11. The molecule has 0 spiro atoms. The molecule has 0 bridgehead atoms. The minimum atomic E-state index is -0.291. The van der Waals surface area contributed by atoms with Gasteiger partial charge in [0.05, 0.1) is 17.4 Å². The molecule has 4 heteroatoms. The maximum atomic E-state index is 13.2. The van der Waals surface area contributed by atoms with Crippen LogP contribution >= 0.6 is 27.5 Å². The summed E-state index contributed by atoms with van der Waals surface area (Å²) in [5, 5.41) is 0.408. The zero-order chi connectivity index (χ0) is 11.7. The number of furan rings is 1. The van der Waals surface area contributed by atoms with E-state index in [2.05, 4.69) is 15.9 Å². The molecule has 1 atom stereocenters. The molecule has 0 aliphatic heterocycles. The molecule has 0 aliphatic carbocycles. The van der Waals surface area contributed by atoms with E-state index in [-0.39, 0.29) is 10.6 Å². The molecule has 1 aromatic heterocycles. The molecule has 1 aromatic carbocycles. The van der Waals surface area contributed by atoms with Gasteiger partial charge in [0.1, 0.15) is 5.82 Å². The molecule has 1 heterocycles. The summed E-state index contributed by atoms with van der Waals surface area (Å²) in [5.41, 5.74) is 2.36. The molecule has 0 fully saturated rings. The van der Waals surface area contributed by atoms with Gasteiger partial charge in [0.2, 0.25) is 0 Å². The predicted molar refractivity (Wildman–Crippen MR) is 65.6 cm³/mol. The summed E-state index contributed by atoms with van der Waals surface area (Å²) in [5.74, 6) is -0.291. The fourth-order valence-corrected chi connectivity index (χ4v) is 2.50. The van der Waals surface area contributed by atoms with Crippen LogP contribution in [-0.4, -0.2) is 0 Å². The van der Waals surface area contributed by atoms with Crippen molar-refractivity contribution in [3.05, 3.63) is 58.3 Å². The van der Waals surface area contributed by atoms with Crippen molar-refractivity contribution in [3.63, 3.8) is 0 Å². The van der Waals surface area contributed by atoms with Crippen LogP contribution in [0.2, 0.25) is 5.02 Å². The summed E-state index contributed by atoms with van der Waals surface area (Å²) in [6.45, 7) is 1.71. The minimum absolute atomic E-state index is 0.0851. The predicted octanol–water partition coefficient (Wildman–Crippen LogP) is 4.86. The maximum Gasteiger partial charge on any atom is 0.127 e. The second-order valence-electron chi connectivity index (χ2n) is 3.54. The second kappa shape index (κ2) is 4.60. The molecule has 0 saturated heterocycles. The second-order valence-corrected chi connectivity index (χ2v) is 4.87. The van der Waals surface area contributed by atoms with Crippen LogP contribution in [0, 0.1) is 12.7 Å². The van der Waals surface area contributed by atoms with E-state index in [1.54, 1.807) is 25.5 Å². The summed E-state index contributed by atoms with van der Waals surface area (Å²) >= 11 is 9.53. The Balaban J connectivity index is 2.44. The molecule has 0 N–H and O–H groups in total. The van der Waals surface area contributed by atoms with Gasteiger partial charge in [0, 0.05) is 10.6 Å². The van der Waals surface area contributed by atoms with Crippen LogP contribution < -0.4 is 0 Å². The van der Waals surface area contributed by atoms with Gasteiger partial charge in [-0.3, -0.25) is 0 Å². The van der Waals surface area contributed by atoms with Crippen molar-refractivity contribution in [1.29, 1.82) is 0 Å². The van der Waals surface area contributed by atoms with Gasteiger partial charge < -0.3 is 4.42 Å². The SMILES string of the molecule is Cc1cc(C(Br)c2ccoc2)c(Cl)cc1F. The van der Waals surface area contributed by atoms with Crippen molar-refractivity contribution in [2.24, 2.45) is 0 Å². The molecule has 84 valence electrons. The normalized spacial score (nSPS) is 12.8. The van der Waals surface area contributed by atoms with Crippen LogP contribution in [0.5, 0.6) is 0 Å². The number of benzene rings is 1. The summed E-state index contributed by atoms with van der Waals surface area (Å²) < 4.78 is 18.3. The third kappa shape index (κ3) is 2.15. The van der Waals surface area contributed by atoms with Gasteiger partial charge in [-0.25, -0.2) is 4.39 Å². The molecule has 1 unspecified atom stereocenters. The average Bonchev–Trinajstić information content (AvgIpc) is 2.75. The van der Waals surface area contributed by atoms with Crippen LogP contribution in [0.25, 0.3) is 0 Å². The smallest absolute Gasteiger partial charge is 0.127 e. The molecule has 0 radical (unpaired) electrons. The summed E-state index contributed by atoms with van der Waals surface area (Å²) in [6.07, 6.45) is 3.22. The lowest BCUT2D eigenvalue weighted by Crippen LogP contribution is -1.95. The van der Waals surface area contributed by atoms with Gasteiger partial charge in [-0.05, 0) is 30.2 Å². The lowest BCUT2D eigenvalue weighted by atomic mass is 10.0. The lowest BCUT2D eigenvalue weighted by molar-refractivity contribution is 0.564. The van der Waals surface area contributed by atoms with Crippen LogP contribution in [-0.2, 0) is 0 Å². The first-order valence-corrected chi connectivity index (χ1v) is 6.00. The first-order chi connectivity index (χ1) is 7.59. The summed E-state index contributed by atoms with van der Waals surface area (Å²) in [4.78, 5) is -0.0851. The van der Waals surface area contributed by atoms with Gasteiger partial charge in [0.25, 0.3) is 0 Å². The monoisotopic (exact) mass is 302 g/mol. The summed E-state index contributed by atoms with van der Waals surface area (Å²) in [7, 11) is 0. The van der Waals surface area contributed by atoms with Gasteiger partial charge in [-0.2, -0.15) is 0 Å². The van der Waals surface area contributed by atoms with Crippen LogP contribution in [0.15, 0.2) is 35.1 Å². The van der Waals surface area contributed by atoms with E-state index in [0.29, 0.717) is 10.6 Å². The Morgan fingerprint density at radius 3 is 2.81 bits per heavy atom. The first kappa shape index (κ1) is 11.7. The van der Waals surface area contributed by atoms with Crippen molar-refractivity contribution >= 4 is 27.5 Å². The van der Waals surface area contributed by atoms with E-state index in [9.17, 15) is 4.39 Å². The number of halogens is 3. The van der Waals surface area contributed by atoms with Gasteiger partial charge in [0.15, 0.2) is 0 Å². The van der Waals surface area contributed by atoms with Crippen LogP contribution in [0.3, 0.4) is 0 Å². The van der Waals surface area contributed by atoms with Gasteiger partial charge >= 0.3 is 0 Å². The molecule has 1 nitrogen and oxygen atoms in total. The highest BCUT2D eigenvalue weighted by molar-refractivity contribution is 9.09. The molecule has 2 rings (SSSR count). The first-order valence-electron chi connectivity index (χ1n) is 4.71. The Hall–Kier alpha value is -0.800. The zero-order valence-corrected chi connectivity index (χ0v) is 10.8. The van der Waals surface area contributed by atoms with E-state index >= 15 is 0 Å². The largest absolute Gasteiger partial charge is 0.472 e. The van der Waals surface area contributed by atoms with E-state index < -0.39 is 0 Å². The Labute approximate surface area is 106 Å². The van der Waals surface area contributed by atoms with E-state index in [0.717, 1.165) is 11.1 Å². The van der Waals surface area contributed by atoms with Crippen LogP contribution in [0.4, 0.5) is 4.39 Å². The van der Waals surface area contributed by atoms with Crippen molar-refractivity contribution in [3.8, 4) is 0 Å². The van der Waals surface area contributed by atoms with Crippen LogP contribution in [0.1, 0.15) is 21.5 Å². The molecule has 0 aliphatic rings. The third-order valence-corrected chi connectivity index (χ3v) is 3.74. The fraction of sp³-hybridized carbons (Fsp3) is 0.167. The van der Waals surface area contributed by atoms with Gasteiger partial charge in [-0.1, -0.05) is 33.6 Å². The molecule has 0 saturated carbocycles. The van der Waals surface area contributed by atoms with Crippen molar-refractivity contribution < 1.29 is 8.81 Å². The van der Waals surface area contributed by atoms with Crippen molar-refractivity contribution in [2.45, 2.75) is 11.8 Å². The Morgan fingerprint density at radius 1 is 1.44 bits per heavy atom. The van der Waals surface area contributed by atoms with Crippen molar-refractivity contribution in [2.75, 3.05) is 0 Å². The highest BCUT2D eigenvalue weighted by Crippen LogP contribution is 2.36. The number of hydrogen-bond donors (Lipinski definition) is 0. The van der Waals surface area contributed by atoms with E-state index in [1.165, 1.54) is 6.07 Å². The average molecular weight is 304 g/mol. The Morgan fingerprint density at radius 2 is 2.19 bits per heavy atom. The standard InChI is InChI=1S/C12H9BrClFO/c1-7-4-9(10(14)5-11(7)15)12(13)8-2-3-16-6-8/h2-6,12H,1H3. The number of alkyl halides is 1. The fourth-order valence-electron chi connectivity index (χ4n) is 1.47. The molecule has 16 heavy (non-hydrogen) atoms. The minimum Gasteiger partial charge on any atom is -0.472 e. The maximum absolute atomic E-state index is 13.2. The molecule has 0 amide bonds. The highest BCUT2D eigenvalue weighted by atomic mass is 79.9. The summed E-state index contributed by atoms with van der Waals surface area (Å²) in [6, 6.07) is 4.92. The Bertz CT molecular complexity index is 496. The number of aryl methyl sites for hydroxylation is 1. The topological polar surface area (TPSA) is 13.1 Å². The van der Waals surface area contributed by atoms with Gasteiger partial charge in [-0.15, -0.1) is 0 Å². The highest BCUT2D eigenvalue weighted by Gasteiger charge is 2.16. The third-order valence-electron chi connectivity index (χ3n) is 2.39. The van der Waals surface area contributed by atoms with E-state index in [1.807, 2.05) is 6.07 Å². The molecular formula is C12H9BrClFO.